The van der Waals surface area contributed by atoms with E-state index in [4.69, 9.17) is 15.2 Å². The second-order valence-corrected chi connectivity index (χ2v) is 4.02. The lowest BCUT2D eigenvalue weighted by Gasteiger charge is -2.19. The quantitative estimate of drug-likeness (QED) is 0.913. The molecule has 0 aliphatic rings. The zero-order chi connectivity index (χ0) is 13.8. The van der Waals surface area contributed by atoms with Gasteiger partial charge in [-0.05, 0) is 36.4 Å². The van der Waals surface area contributed by atoms with Gasteiger partial charge in [-0.3, -0.25) is 0 Å². The van der Waals surface area contributed by atoms with Crippen LogP contribution in [0.15, 0.2) is 36.4 Å². The van der Waals surface area contributed by atoms with Gasteiger partial charge in [0.15, 0.2) is 0 Å². The van der Waals surface area contributed by atoms with Gasteiger partial charge >= 0.3 is 0 Å². The molecule has 0 saturated heterocycles. The lowest BCUT2D eigenvalue weighted by Crippen LogP contribution is -2.11. The number of benzene rings is 1. The Kier molecular flexibility index (Phi) is 3.75. The van der Waals surface area contributed by atoms with Crippen LogP contribution < -0.4 is 20.1 Å². The molecule has 0 amide bonds. The standard InChI is InChI=1S/C14H17N3O2/c1-17(10-4-6-11(18-2)7-5-10)13-9-8-12(15)14(16-13)19-3/h4-9H,15H2,1-3H3. The Bertz CT molecular complexity index is 555. The summed E-state index contributed by atoms with van der Waals surface area (Å²) in [4.78, 5) is 6.30. The van der Waals surface area contributed by atoms with Gasteiger partial charge in [0.05, 0.1) is 19.9 Å². The summed E-state index contributed by atoms with van der Waals surface area (Å²) >= 11 is 0. The topological polar surface area (TPSA) is 60.6 Å². The third kappa shape index (κ3) is 2.70. The fourth-order valence-corrected chi connectivity index (χ4v) is 1.73. The average molecular weight is 259 g/mol. The maximum atomic E-state index is 5.75. The molecule has 2 N–H and O–H groups in total. The summed E-state index contributed by atoms with van der Waals surface area (Å²) in [6, 6.07) is 11.4. The van der Waals surface area contributed by atoms with Crippen LogP contribution >= 0.6 is 0 Å². The Morgan fingerprint density at radius 2 is 1.68 bits per heavy atom. The van der Waals surface area contributed by atoms with Crippen LogP contribution in [0, 0.1) is 0 Å². The molecule has 5 heteroatoms. The van der Waals surface area contributed by atoms with Crippen molar-refractivity contribution in [3.05, 3.63) is 36.4 Å². The first-order valence-electron chi connectivity index (χ1n) is 5.84. The predicted molar refractivity (Wildman–Crippen MR) is 76.3 cm³/mol. The highest BCUT2D eigenvalue weighted by molar-refractivity contribution is 5.63. The average Bonchev–Trinajstić information content (AvgIpc) is 2.47. The van der Waals surface area contributed by atoms with E-state index in [1.54, 1.807) is 20.3 Å². The minimum Gasteiger partial charge on any atom is -0.497 e. The number of hydrogen-bond acceptors (Lipinski definition) is 5. The fraction of sp³-hybridized carbons (Fsp3) is 0.214. The van der Waals surface area contributed by atoms with E-state index >= 15 is 0 Å². The lowest BCUT2D eigenvalue weighted by molar-refractivity contribution is 0.400. The number of methoxy groups -OCH3 is 2. The number of nitrogens with two attached hydrogens (primary N) is 1. The molecule has 0 saturated carbocycles. The number of anilines is 3. The molecule has 0 radical (unpaired) electrons. The Hall–Kier alpha value is -2.43. The van der Waals surface area contributed by atoms with Crippen LogP contribution in [0.3, 0.4) is 0 Å². The zero-order valence-corrected chi connectivity index (χ0v) is 11.3. The second-order valence-electron chi connectivity index (χ2n) is 4.02. The summed E-state index contributed by atoms with van der Waals surface area (Å²) in [6.07, 6.45) is 0. The van der Waals surface area contributed by atoms with E-state index in [0.717, 1.165) is 17.3 Å². The second kappa shape index (κ2) is 5.48. The molecule has 0 fully saturated rings. The highest BCUT2D eigenvalue weighted by atomic mass is 16.5. The summed E-state index contributed by atoms with van der Waals surface area (Å²) in [6.45, 7) is 0. The molecule has 100 valence electrons. The molecule has 19 heavy (non-hydrogen) atoms. The van der Waals surface area contributed by atoms with E-state index < -0.39 is 0 Å². The van der Waals surface area contributed by atoms with Gasteiger partial charge in [0, 0.05) is 12.7 Å². The van der Waals surface area contributed by atoms with Crippen molar-refractivity contribution in [3.63, 3.8) is 0 Å². The fourth-order valence-electron chi connectivity index (χ4n) is 1.73. The first-order valence-corrected chi connectivity index (χ1v) is 5.84. The van der Waals surface area contributed by atoms with Crippen molar-refractivity contribution < 1.29 is 9.47 Å². The summed E-state index contributed by atoms with van der Waals surface area (Å²) in [5, 5.41) is 0. The SMILES string of the molecule is COc1ccc(N(C)c2ccc(N)c(OC)n2)cc1. The molecular weight excluding hydrogens is 242 g/mol. The molecule has 0 bridgehead atoms. The third-order valence-corrected chi connectivity index (χ3v) is 2.87. The Morgan fingerprint density at radius 3 is 2.26 bits per heavy atom. The number of hydrogen-bond donors (Lipinski definition) is 1. The number of aromatic nitrogens is 1. The predicted octanol–water partition coefficient (Wildman–Crippen LogP) is 2.45. The lowest BCUT2D eigenvalue weighted by atomic mass is 10.2. The molecule has 0 aliphatic carbocycles. The molecular formula is C14H17N3O2. The normalized spacial score (nSPS) is 10.1. The van der Waals surface area contributed by atoms with Gasteiger partial charge in [-0.1, -0.05) is 0 Å². The van der Waals surface area contributed by atoms with Gasteiger partial charge in [-0.15, -0.1) is 0 Å². The van der Waals surface area contributed by atoms with Gasteiger partial charge in [0.2, 0.25) is 5.88 Å². The van der Waals surface area contributed by atoms with Gasteiger partial charge in [0.1, 0.15) is 11.6 Å². The number of ether oxygens (including phenoxy) is 2. The molecule has 2 rings (SSSR count). The van der Waals surface area contributed by atoms with Crippen molar-refractivity contribution in [2.75, 3.05) is 31.9 Å². The van der Waals surface area contributed by atoms with E-state index in [1.807, 2.05) is 42.3 Å². The number of nitrogens with zero attached hydrogens (tertiary/aromatic N) is 2. The summed E-state index contributed by atoms with van der Waals surface area (Å²) in [5.74, 6) is 2.01. The summed E-state index contributed by atoms with van der Waals surface area (Å²) in [5.41, 5.74) is 7.28. The van der Waals surface area contributed by atoms with Crippen LogP contribution in [-0.4, -0.2) is 26.3 Å². The molecule has 1 aromatic carbocycles. The molecule has 1 heterocycles. The van der Waals surface area contributed by atoms with Crippen molar-refractivity contribution in [3.8, 4) is 11.6 Å². The largest absolute Gasteiger partial charge is 0.497 e. The van der Waals surface area contributed by atoms with Crippen molar-refractivity contribution in [2.45, 2.75) is 0 Å². The molecule has 5 nitrogen and oxygen atoms in total. The smallest absolute Gasteiger partial charge is 0.238 e. The molecule has 2 aromatic rings. The van der Waals surface area contributed by atoms with E-state index in [9.17, 15) is 0 Å². The van der Waals surface area contributed by atoms with E-state index in [-0.39, 0.29) is 0 Å². The zero-order valence-electron chi connectivity index (χ0n) is 11.3. The highest BCUT2D eigenvalue weighted by Crippen LogP contribution is 2.27. The van der Waals surface area contributed by atoms with Crippen LogP contribution in [0.1, 0.15) is 0 Å². The van der Waals surface area contributed by atoms with Gasteiger partial charge in [-0.2, -0.15) is 4.98 Å². The Balaban J connectivity index is 2.29. The van der Waals surface area contributed by atoms with Crippen molar-refractivity contribution in [1.82, 2.24) is 4.98 Å². The van der Waals surface area contributed by atoms with Gasteiger partial charge in [-0.25, -0.2) is 0 Å². The maximum absolute atomic E-state index is 5.75. The highest BCUT2D eigenvalue weighted by Gasteiger charge is 2.09. The van der Waals surface area contributed by atoms with Gasteiger partial charge in [0.25, 0.3) is 0 Å². The van der Waals surface area contributed by atoms with E-state index in [1.165, 1.54) is 0 Å². The minimum absolute atomic E-state index is 0.429. The van der Waals surface area contributed by atoms with Gasteiger partial charge < -0.3 is 20.1 Å². The van der Waals surface area contributed by atoms with Crippen LogP contribution in [0.4, 0.5) is 17.2 Å². The van der Waals surface area contributed by atoms with Crippen molar-refractivity contribution >= 4 is 17.2 Å². The first-order chi connectivity index (χ1) is 9.15. The minimum atomic E-state index is 0.429. The van der Waals surface area contributed by atoms with E-state index in [0.29, 0.717) is 11.6 Å². The maximum Gasteiger partial charge on any atom is 0.238 e. The summed E-state index contributed by atoms with van der Waals surface area (Å²) < 4.78 is 10.3. The number of nitrogen functional groups attached to an aromatic ring is 1. The summed E-state index contributed by atoms with van der Waals surface area (Å²) in [7, 11) is 5.13. The molecule has 0 aliphatic heterocycles. The first kappa shape index (κ1) is 13.0. The van der Waals surface area contributed by atoms with Crippen LogP contribution in [0.2, 0.25) is 0 Å². The third-order valence-electron chi connectivity index (χ3n) is 2.87. The number of pyridine rings is 1. The van der Waals surface area contributed by atoms with Crippen LogP contribution in [-0.2, 0) is 0 Å². The number of rotatable bonds is 4. The van der Waals surface area contributed by atoms with Crippen LogP contribution in [0.5, 0.6) is 11.6 Å². The van der Waals surface area contributed by atoms with Crippen molar-refractivity contribution in [2.24, 2.45) is 0 Å². The van der Waals surface area contributed by atoms with E-state index in [2.05, 4.69) is 4.98 Å². The molecule has 0 unspecified atom stereocenters. The molecule has 0 atom stereocenters. The molecule has 0 spiro atoms. The monoisotopic (exact) mass is 259 g/mol. The molecule has 1 aromatic heterocycles. The van der Waals surface area contributed by atoms with Crippen molar-refractivity contribution in [1.29, 1.82) is 0 Å². The Labute approximate surface area is 112 Å². The van der Waals surface area contributed by atoms with Crippen LogP contribution in [0.25, 0.3) is 0 Å². The Morgan fingerprint density at radius 1 is 1.00 bits per heavy atom.